The summed E-state index contributed by atoms with van der Waals surface area (Å²) in [7, 11) is 0. The number of aliphatic carboxylic acids is 1. The minimum absolute atomic E-state index is 0.261. The van der Waals surface area contributed by atoms with Crippen LogP contribution in [0.2, 0.25) is 0 Å². The van der Waals surface area contributed by atoms with Crippen LogP contribution in [0.3, 0.4) is 0 Å². The van der Waals surface area contributed by atoms with Crippen LogP contribution in [-0.4, -0.2) is 21.8 Å². The van der Waals surface area contributed by atoms with E-state index < -0.39 is 17.5 Å². The molecular formula is C15H22O3. The number of rotatable bonds is 5. The zero-order valence-electron chi connectivity index (χ0n) is 11.5. The largest absolute Gasteiger partial charge is 0.479 e. The molecule has 18 heavy (non-hydrogen) atoms. The average Bonchev–Trinajstić information content (AvgIpc) is 2.28. The highest BCUT2D eigenvalue weighted by Gasteiger charge is 2.41. The molecule has 1 aromatic rings. The third-order valence-corrected chi connectivity index (χ3v) is 3.61. The minimum atomic E-state index is -1.69. The Labute approximate surface area is 108 Å². The van der Waals surface area contributed by atoms with Crippen LogP contribution in [0.5, 0.6) is 0 Å². The molecule has 2 N–H and O–H groups in total. The molecule has 3 nitrogen and oxygen atoms in total. The van der Waals surface area contributed by atoms with Crippen molar-refractivity contribution in [1.29, 1.82) is 0 Å². The van der Waals surface area contributed by atoms with Gasteiger partial charge in [-0.25, -0.2) is 4.79 Å². The highest BCUT2D eigenvalue weighted by atomic mass is 16.4. The van der Waals surface area contributed by atoms with E-state index in [0.717, 1.165) is 16.7 Å². The zero-order chi connectivity index (χ0) is 13.9. The fourth-order valence-corrected chi connectivity index (χ4v) is 2.46. The van der Waals surface area contributed by atoms with E-state index in [4.69, 9.17) is 0 Å². The van der Waals surface area contributed by atoms with Crippen LogP contribution in [0.1, 0.15) is 49.3 Å². The molecule has 0 heterocycles. The fraction of sp³-hybridized carbons (Fsp3) is 0.533. The van der Waals surface area contributed by atoms with E-state index in [0.29, 0.717) is 6.42 Å². The Balaban J connectivity index is 3.17. The molecular weight excluding hydrogens is 228 g/mol. The topological polar surface area (TPSA) is 57.5 Å². The summed E-state index contributed by atoms with van der Waals surface area (Å²) < 4.78 is 0. The van der Waals surface area contributed by atoms with Crippen LogP contribution in [0.15, 0.2) is 18.2 Å². The lowest BCUT2D eigenvalue weighted by atomic mass is 9.78. The van der Waals surface area contributed by atoms with Crippen LogP contribution in [0, 0.1) is 13.8 Å². The molecule has 0 spiro atoms. The van der Waals surface area contributed by atoms with Crippen molar-refractivity contribution in [2.75, 3.05) is 0 Å². The molecule has 0 saturated carbocycles. The number of carboxylic acid groups (broad SMARTS) is 1. The first-order chi connectivity index (χ1) is 8.32. The molecule has 1 aromatic carbocycles. The molecule has 0 bridgehead atoms. The van der Waals surface area contributed by atoms with Crippen molar-refractivity contribution in [2.45, 2.75) is 52.1 Å². The van der Waals surface area contributed by atoms with E-state index in [-0.39, 0.29) is 6.42 Å². The maximum Gasteiger partial charge on any atom is 0.336 e. The molecule has 0 aromatic heterocycles. The molecule has 100 valence electrons. The molecule has 0 saturated heterocycles. The van der Waals surface area contributed by atoms with Crippen LogP contribution < -0.4 is 0 Å². The third-order valence-electron chi connectivity index (χ3n) is 3.61. The van der Waals surface area contributed by atoms with Crippen LogP contribution in [0.25, 0.3) is 0 Å². The second kappa shape index (κ2) is 5.53. The normalized spacial score (nSPS) is 16.1. The van der Waals surface area contributed by atoms with Gasteiger partial charge >= 0.3 is 5.97 Å². The van der Waals surface area contributed by atoms with E-state index >= 15 is 0 Å². The SMILES string of the molecule is CCCC(O)(C(=O)O)C(C)c1ccc(C)cc1C. The number of hydrogen-bond acceptors (Lipinski definition) is 2. The van der Waals surface area contributed by atoms with Crippen molar-refractivity contribution in [3.05, 3.63) is 34.9 Å². The number of aryl methyl sites for hydroxylation is 2. The van der Waals surface area contributed by atoms with Crippen molar-refractivity contribution in [3.8, 4) is 0 Å². The van der Waals surface area contributed by atoms with Gasteiger partial charge in [0.2, 0.25) is 0 Å². The maximum absolute atomic E-state index is 11.4. The average molecular weight is 250 g/mol. The predicted octanol–water partition coefficient (Wildman–Crippen LogP) is 3.02. The van der Waals surface area contributed by atoms with Gasteiger partial charge in [-0.15, -0.1) is 0 Å². The number of carboxylic acids is 1. The van der Waals surface area contributed by atoms with Crippen molar-refractivity contribution in [1.82, 2.24) is 0 Å². The first-order valence-corrected chi connectivity index (χ1v) is 6.35. The summed E-state index contributed by atoms with van der Waals surface area (Å²) in [4.78, 5) is 11.4. The lowest BCUT2D eigenvalue weighted by Gasteiger charge is -2.31. The molecule has 2 atom stereocenters. The first-order valence-electron chi connectivity index (χ1n) is 6.35. The third kappa shape index (κ3) is 2.72. The lowest BCUT2D eigenvalue weighted by Crippen LogP contribution is -2.43. The van der Waals surface area contributed by atoms with Gasteiger partial charge < -0.3 is 10.2 Å². The van der Waals surface area contributed by atoms with Gasteiger partial charge in [-0.3, -0.25) is 0 Å². The van der Waals surface area contributed by atoms with Crippen LogP contribution in [0.4, 0.5) is 0 Å². The maximum atomic E-state index is 11.4. The lowest BCUT2D eigenvalue weighted by molar-refractivity contribution is -0.161. The quantitative estimate of drug-likeness (QED) is 0.844. The first kappa shape index (κ1) is 14.7. The van der Waals surface area contributed by atoms with Gasteiger partial charge in [-0.1, -0.05) is 44.0 Å². The highest BCUT2D eigenvalue weighted by Crippen LogP contribution is 2.34. The number of carbonyl (C=O) groups is 1. The molecule has 1 rings (SSSR count). The van der Waals surface area contributed by atoms with Crippen molar-refractivity contribution in [2.24, 2.45) is 0 Å². The Morgan fingerprint density at radius 3 is 2.44 bits per heavy atom. The summed E-state index contributed by atoms with van der Waals surface area (Å²) in [6, 6.07) is 5.88. The summed E-state index contributed by atoms with van der Waals surface area (Å²) in [6.45, 7) is 7.61. The summed E-state index contributed by atoms with van der Waals surface area (Å²) in [6.07, 6.45) is 0.898. The number of benzene rings is 1. The van der Waals surface area contributed by atoms with Gasteiger partial charge in [0.05, 0.1) is 0 Å². The fourth-order valence-electron chi connectivity index (χ4n) is 2.46. The van der Waals surface area contributed by atoms with Gasteiger partial charge in [0.25, 0.3) is 0 Å². The van der Waals surface area contributed by atoms with Crippen molar-refractivity contribution in [3.63, 3.8) is 0 Å². The van der Waals surface area contributed by atoms with Gasteiger partial charge in [0, 0.05) is 5.92 Å². The second-order valence-electron chi connectivity index (χ2n) is 5.06. The molecule has 0 amide bonds. The molecule has 0 aliphatic rings. The van der Waals surface area contributed by atoms with E-state index in [1.54, 1.807) is 6.92 Å². The number of hydrogen-bond donors (Lipinski definition) is 2. The Bertz CT molecular complexity index is 439. The number of aliphatic hydroxyl groups is 1. The predicted molar refractivity (Wildman–Crippen MR) is 71.8 cm³/mol. The van der Waals surface area contributed by atoms with E-state index in [2.05, 4.69) is 0 Å². The Morgan fingerprint density at radius 1 is 1.39 bits per heavy atom. The minimum Gasteiger partial charge on any atom is -0.479 e. The van der Waals surface area contributed by atoms with Crippen LogP contribution >= 0.6 is 0 Å². The Hall–Kier alpha value is -1.35. The van der Waals surface area contributed by atoms with Gasteiger partial charge in [-0.05, 0) is 31.4 Å². The Morgan fingerprint density at radius 2 is 2.00 bits per heavy atom. The van der Waals surface area contributed by atoms with Crippen LogP contribution in [-0.2, 0) is 4.79 Å². The summed E-state index contributed by atoms with van der Waals surface area (Å²) in [5.74, 6) is -1.56. The highest BCUT2D eigenvalue weighted by molar-refractivity contribution is 5.78. The van der Waals surface area contributed by atoms with E-state index in [1.165, 1.54) is 0 Å². The molecule has 0 fully saturated rings. The Kier molecular flexibility index (Phi) is 4.52. The molecule has 2 unspecified atom stereocenters. The molecule has 0 aliphatic carbocycles. The molecule has 0 radical (unpaired) electrons. The van der Waals surface area contributed by atoms with Crippen molar-refractivity contribution < 1.29 is 15.0 Å². The summed E-state index contributed by atoms with van der Waals surface area (Å²) in [5, 5.41) is 19.7. The zero-order valence-corrected chi connectivity index (χ0v) is 11.5. The van der Waals surface area contributed by atoms with E-state index in [9.17, 15) is 15.0 Å². The van der Waals surface area contributed by atoms with Gasteiger partial charge in [0.15, 0.2) is 5.60 Å². The van der Waals surface area contributed by atoms with Gasteiger partial charge in [-0.2, -0.15) is 0 Å². The van der Waals surface area contributed by atoms with Gasteiger partial charge in [0.1, 0.15) is 0 Å². The smallest absolute Gasteiger partial charge is 0.336 e. The molecule has 0 aliphatic heterocycles. The second-order valence-corrected chi connectivity index (χ2v) is 5.06. The van der Waals surface area contributed by atoms with Crippen molar-refractivity contribution >= 4 is 5.97 Å². The van der Waals surface area contributed by atoms with E-state index in [1.807, 2.05) is 39.0 Å². The molecule has 3 heteroatoms. The standard InChI is InChI=1S/C15H22O3/c1-5-8-15(18,14(16)17)12(4)13-7-6-10(2)9-11(13)3/h6-7,9,12,18H,5,8H2,1-4H3,(H,16,17). The monoisotopic (exact) mass is 250 g/mol. The summed E-state index contributed by atoms with van der Waals surface area (Å²) >= 11 is 0. The summed E-state index contributed by atoms with van der Waals surface area (Å²) in [5.41, 5.74) is 1.38.